The Balaban J connectivity index is 4.11. The minimum Gasteiger partial charge on any atom is -0.480 e. The first kappa shape index (κ1) is 17.1. The van der Waals surface area contributed by atoms with Crippen LogP contribution < -0.4 is 5.32 Å². The fraction of sp³-hybridized carbons (Fsp3) is 0.833. The molecule has 0 radical (unpaired) electrons. The number of carbonyl (C=O) groups is 2. The fourth-order valence-electron chi connectivity index (χ4n) is 1.07. The van der Waals surface area contributed by atoms with Gasteiger partial charge in [-0.25, -0.2) is 9.59 Å². The van der Waals surface area contributed by atoms with Gasteiger partial charge in [-0.1, -0.05) is 13.3 Å². The van der Waals surface area contributed by atoms with Crippen molar-refractivity contribution in [1.29, 1.82) is 0 Å². The van der Waals surface area contributed by atoms with E-state index in [1.807, 2.05) is 0 Å². The molecule has 0 rings (SSSR count). The number of nitrogens with one attached hydrogen (secondary N) is 1. The SMILES string of the molecule is CCCCSCC(NC(=O)OC(C)(C)C)C(=O)O. The second-order valence-corrected chi connectivity index (χ2v) is 6.12. The van der Waals surface area contributed by atoms with E-state index < -0.39 is 23.7 Å². The Morgan fingerprint density at radius 3 is 2.44 bits per heavy atom. The number of ether oxygens (including phenoxy) is 1. The number of alkyl carbamates (subject to hydrolysis) is 1. The maximum absolute atomic E-state index is 11.5. The van der Waals surface area contributed by atoms with Crippen molar-refractivity contribution in [2.45, 2.75) is 52.2 Å². The monoisotopic (exact) mass is 277 g/mol. The van der Waals surface area contributed by atoms with E-state index in [1.165, 1.54) is 11.8 Å². The molecule has 1 unspecified atom stereocenters. The number of carboxylic acid groups (broad SMARTS) is 1. The minimum atomic E-state index is -1.04. The summed E-state index contributed by atoms with van der Waals surface area (Å²) >= 11 is 1.52. The Bertz CT molecular complexity index is 276. The summed E-state index contributed by atoms with van der Waals surface area (Å²) in [6.07, 6.45) is 1.43. The van der Waals surface area contributed by atoms with Crippen LogP contribution in [-0.2, 0) is 9.53 Å². The van der Waals surface area contributed by atoms with Crippen molar-refractivity contribution >= 4 is 23.8 Å². The van der Waals surface area contributed by atoms with E-state index in [-0.39, 0.29) is 0 Å². The summed E-state index contributed by atoms with van der Waals surface area (Å²) in [4.78, 5) is 22.4. The van der Waals surface area contributed by atoms with Crippen molar-refractivity contribution in [2.75, 3.05) is 11.5 Å². The lowest BCUT2D eigenvalue weighted by Gasteiger charge is -2.21. The van der Waals surface area contributed by atoms with E-state index in [4.69, 9.17) is 9.84 Å². The topological polar surface area (TPSA) is 75.6 Å². The quantitative estimate of drug-likeness (QED) is 0.699. The minimum absolute atomic E-state index is 0.356. The third-order valence-electron chi connectivity index (χ3n) is 1.92. The molecule has 0 bridgehead atoms. The number of hydrogen-bond acceptors (Lipinski definition) is 4. The highest BCUT2D eigenvalue weighted by Crippen LogP contribution is 2.09. The van der Waals surface area contributed by atoms with Crippen molar-refractivity contribution in [3.05, 3.63) is 0 Å². The molecule has 6 heteroatoms. The molecule has 0 aliphatic carbocycles. The van der Waals surface area contributed by atoms with Crippen LogP contribution in [0.4, 0.5) is 4.79 Å². The summed E-state index contributed by atoms with van der Waals surface area (Å²) in [6.45, 7) is 7.28. The summed E-state index contributed by atoms with van der Waals surface area (Å²) in [5.74, 6) is 0.218. The van der Waals surface area contributed by atoms with E-state index in [0.29, 0.717) is 5.75 Å². The van der Waals surface area contributed by atoms with E-state index in [1.54, 1.807) is 20.8 Å². The summed E-state index contributed by atoms with van der Waals surface area (Å²) in [5, 5.41) is 11.4. The number of aliphatic carboxylic acids is 1. The van der Waals surface area contributed by atoms with E-state index >= 15 is 0 Å². The van der Waals surface area contributed by atoms with Gasteiger partial charge in [0.25, 0.3) is 0 Å². The van der Waals surface area contributed by atoms with Gasteiger partial charge in [0.1, 0.15) is 11.6 Å². The Morgan fingerprint density at radius 1 is 1.39 bits per heavy atom. The average molecular weight is 277 g/mol. The van der Waals surface area contributed by atoms with E-state index in [0.717, 1.165) is 18.6 Å². The molecule has 0 aliphatic heterocycles. The smallest absolute Gasteiger partial charge is 0.408 e. The summed E-state index contributed by atoms with van der Waals surface area (Å²) < 4.78 is 5.02. The average Bonchev–Trinajstić information content (AvgIpc) is 2.19. The maximum atomic E-state index is 11.5. The molecule has 0 spiro atoms. The molecule has 0 saturated heterocycles. The molecule has 0 aromatic carbocycles. The number of hydrogen-bond donors (Lipinski definition) is 2. The second-order valence-electron chi connectivity index (χ2n) is 4.97. The van der Waals surface area contributed by atoms with Gasteiger partial charge in [0.2, 0.25) is 0 Å². The highest BCUT2D eigenvalue weighted by Gasteiger charge is 2.23. The molecule has 0 fully saturated rings. The van der Waals surface area contributed by atoms with Crippen molar-refractivity contribution in [3.63, 3.8) is 0 Å². The summed E-state index contributed by atoms with van der Waals surface area (Å²) in [5.41, 5.74) is -0.623. The van der Waals surface area contributed by atoms with Crippen LogP contribution >= 0.6 is 11.8 Å². The third kappa shape index (κ3) is 9.15. The van der Waals surface area contributed by atoms with Gasteiger partial charge in [0.05, 0.1) is 0 Å². The predicted octanol–water partition coefficient (Wildman–Crippen LogP) is 2.50. The predicted molar refractivity (Wildman–Crippen MR) is 73.0 cm³/mol. The molecule has 0 aromatic heterocycles. The van der Waals surface area contributed by atoms with Crippen LogP contribution in [0.25, 0.3) is 0 Å². The van der Waals surface area contributed by atoms with Gasteiger partial charge in [-0.2, -0.15) is 11.8 Å². The molecular formula is C12H23NO4S. The molecule has 18 heavy (non-hydrogen) atoms. The van der Waals surface area contributed by atoms with Crippen molar-refractivity contribution < 1.29 is 19.4 Å². The van der Waals surface area contributed by atoms with E-state index in [2.05, 4.69) is 12.2 Å². The summed E-state index contributed by atoms with van der Waals surface area (Å²) in [6, 6.07) is -0.901. The van der Waals surface area contributed by atoms with E-state index in [9.17, 15) is 9.59 Å². The molecule has 1 amide bonds. The van der Waals surface area contributed by atoms with Gasteiger partial charge in [-0.05, 0) is 32.9 Å². The van der Waals surface area contributed by atoms with Crippen LogP contribution in [0.5, 0.6) is 0 Å². The van der Waals surface area contributed by atoms with Crippen molar-refractivity contribution in [2.24, 2.45) is 0 Å². The van der Waals surface area contributed by atoms with Crippen LogP contribution in [0.1, 0.15) is 40.5 Å². The Hall–Kier alpha value is -0.910. The highest BCUT2D eigenvalue weighted by atomic mass is 32.2. The van der Waals surface area contributed by atoms with Crippen LogP contribution in [0, 0.1) is 0 Å². The number of rotatable bonds is 7. The lowest BCUT2D eigenvalue weighted by Crippen LogP contribution is -2.45. The number of carbonyl (C=O) groups excluding carboxylic acids is 1. The largest absolute Gasteiger partial charge is 0.480 e. The molecular weight excluding hydrogens is 254 g/mol. The maximum Gasteiger partial charge on any atom is 0.408 e. The summed E-state index contributed by atoms with van der Waals surface area (Å²) in [7, 11) is 0. The Morgan fingerprint density at radius 2 is 2.00 bits per heavy atom. The first-order valence-electron chi connectivity index (χ1n) is 6.06. The molecule has 0 saturated carbocycles. The third-order valence-corrected chi connectivity index (χ3v) is 3.06. The van der Waals surface area contributed by atoms with Gasteiger partial charge in [0, 0.05) is 5.75 Å². The zero-order valence-corrected chi connectivity index (χ0v) is 12.3. The van der Waals surface area contributed by atoms with Crippen molar-refractivity contribution in [1.82, 2.24) is 5.32 Å². The van der Waals surface area contributed by atoms with Gasteiger partial charge in [0.15, 0.2) is 0 Å². The second kappa shape index (κ2) is 8.24. The molecule has 5 nitrogen and oxygen atoms in total. The number of amides is 1. The molecule has 1 atom stereocenters. The fourth-order valence-corrected chi connectivity index (χ4v) is 2.19. The molecule has 0 heterocycles. The zero-order valence-electron chi connectivity index (χ0n) is 11.5. The molecule has 106 valence electrons. The molecule has 0 aromatic rings. The van der Waals surface area contributed by atoms with Gasteiger partial charge >= 0.3 is 12.1 Å². The standard InChI is InChI=1S/C12H23NO4S/c1-5-6-7-18-8-9(10(14)15)13-11(16)17-12(2,3)4/h9H,5-8H2,1-4H3,(H,13,16)(H,14,15). The van der Waals surface area contributed by atoms with Gasteiger partial charge in [-0.3, -0.25) is 0 Å². The van der Waals surface area contributed by atoms with Crippen molar-refractivity contribution in [3.8, 4) is 0 Å². The number of thioether (sulfide) groups is 1. The molecule has 0 aliphatic rings. The highest BCUT2D eigenvalue weighted by molar-refractivity contribution is 7.99. The lowest BCUT2D eigenvalue weighted by molar-refractivity contribution is -0.138. The first-order valence-corrected chi connectivity index (χ1v) is 7.21. The van der Waals surface area contributed by atoms with Gasteiger partial charge < -0.3 is 15.2 Å². The Kier molecular flexibility index (Phi) is 7.82. The lowest BCUT2D eigenvalue weighted by atomic mass is 10.2. The Labute approximate surface area is 113 Å². The van der Waals surface area contributed by atoms with Crippen LogP contribution in [0.15, 0.2) is 0 Å². The normalized spacial score (nSPS) is 12.9. The van der Waals surface area contributed by atoms with Gasteiger partial charge in [-0.15, -0.1) is 0 Å². The first-order chi connectivity index (χ1) is 8.26. The number of carboxylic acids is 1. The number of unbranched alkanes of at least 4 members (excludes halogenated alkanes) is 1. The van der Waals surface area contributed by atoms with Crippen LogP contribution in [0.2, 0.25) is 0 Å². The molecule has 2 N–H and O–H groups in total. The zero-order chi connectivity index (χ0) is 14.2. The van der Waals surface area contributed by atoms with Crippen LogP contribution in [0.3, 0.4) is 0 Å². The van der Waals surface area contributed by atoms with Crippen LogP contribution in [-0.4, -0.2) is 40.3 Å².